The second-order valence-electron chi connectivity index (χ2n) is 2.09. The summed E-state index contributed by atoms with van der Waals surface area (Å²) in [6.45, 7) is 0. The molecule has 0 unspecified atom stereocenters. The molecule has 4 heteroatoms. The fourth-order valence-corrected chi connectivity index (χ4v) is 0.853. The first kappa shape index (κ1) is 6.03. The standard InChI is InChI=1S/C7H7N3O/c1-2-6-7(11-9-4-1)3-5-8-10-6/h1-5,8,10H. The lowest BCUT2D eigenvalue weighted by molar-refractivity contribution is 0.379. The second kappa shape index (κ2) is 2.49. The minimum atomic E-state index is 0.716. The Balaban J connectivity index is 3.02. The third-order valence-electron chi connectivity index (χ3n) is 1.35. The summed E-state index contributed by atoms with van der Waals surface area (Å²) in [5, 5.41) is 10.3. The van der Waals surface area contributed by atoms with Crippen molar-refractivity contribution < 1.29 is 4.52 Å². The number of hydrogen-bond donors (Lipinski definition) is 2. The topological polar surface area (TPSA) is 57.6 Å². The van der Waals surface area contributed by atoms with Crippen LogP contribution in [0.25, 0.3) is 0 Å². The Labute approximate surface area is 62.2 Å². The fourth-order valence-electron chi connectivity index (χ4n) is 0.853. The van der Waals surface area contributed by atoms with Crippen LogP contribution in [0.5, 0.6) is 0 Å². The molecule has 4 nitrogen and oxygen atoms in total. The molecule has 2 N–H and O–H groups in total. The first-order chi connectivity index (χ1) is 5.47. The van der Waals surface area contributed by atoms with Crippen molar-refractivity contribution in [3.8, 4) is 0 Å². The van der Waals surface area contributed by atoms with Crippen molar-refractivity contribution in [2.45, 2.75) is 0 Å². The molecule has 0 saturated heterocycles. The Bertz CT molecular complexity index is 385. The molecule has 2 aliphatic heterocycles. The number of hydrogen-bond acceptors (Lipinski definition) is 2. The van der Waals surface area contributed by atoms with Crippen LogP contribution in [0.2, 0.25) is 0 Å². The molecule has 11 heavy (non-hydrogen) atoms. The Morgan fingerprint density at radius 2 is 2.36 bits per heavy atom. The van der Waals surface area contributed by atoms with E-state index in [2.05, 4.69) is 15.4 Å². The molecule has 56 valence electrons. The monoisotopic (exact) mass is 149 g/mol. The summed E-state index contributed by atoms with van der Waals surface area (Å²) in [5.41, 5.74) is 0.716. The maximum atomic E-state index is 5.00. The molecule has 0 radical (unpaired) electrons. The summed E-state index contributed by atoms with van der Waals surface area (Å²) in [6, 6.07) is 5.48. The highest BCUT2D eigenvalue weighted by Gasteiger charge is 1.82. The van der Waals surface area contributed by atoms with Crippen LogP contribution in [-0.4, -0.2) is 15.4 Å². The Morgan fingerprint density at radius 1 is 1.36 bits per heavy atom. The van der Waals surface area contributed by atoms with E-state index < -0.39 is 0 Å². The molecule has 2 aliphatic rings. The van der Waals surface area contributed by atoms with Crippen molar-refractivity contribution in [1.29, 1.82) is 0 Å². The Kier molecular flexibility index (Phi) is 1.37. The summed E-state index contributed by atoms with van der Waals surface area (Å²) in [7, 11) is 0. The molecule has 0 aromatic carbocycles. The van der Waals surface area contributed by atoms with Gasteiger partial charge in [0.05, 0.1) is 11.5 Å². The third kappa shape index (κ3) is 1.10. The van der Waals surface area contributed by atoms with Gasteiger partial charge in [-0.3, -0.25) is 5.10 Å². The largest absolute Gasteiger partial charge is 0.355 e. The van der Waals surface area contributed by atoms with Gasteiger partial charge < -0.3 is 9.62 Å². The minimum absolute atomic E-state index is 0.716. The molecule has 0 atom stereocenters. The highest BCUT2D eigenvalue weighted by atomic mass is 16.5. The first-order valence-electron chi connectivity index (χ1n) is 3.26. The highest BCUT2D eigenvalue weighted by molar-refractivity contribution is 4.93. The van der Waals surface area contributed by atoms with E-state index in [1.54, 1.807) is 24.5 Å². The molecule has 0 amide bonds. The van der Waals surface area contributed by atoms with Gasteiger partial charge in [0, 0.05) is 12.3 Å². The van der Waals surface area contributed by atoms with Gasteiger partial charge in [0.1, 0.15) is 0 Å². The lowest BCUT2D eigenvalue weighted by atomic mass is 10.5. The summed E-state index contributed by atoms with van der Waals surface area (Å²) in [4.78, 5) is 0. The predicted octanol–water partition coefficient (Wildman–Crippen LogP) is 1.18. The third-order valence-corrected chi connectivity index (χ3v) is 1.35. The zero-order chi connectivity index (χ0) is 7.52. The van der Waals surface area contributed by atoms with E-state index in [1.165, 1.54) is 0 Å². The zero-order valence-electron chi connectivity index (χ0n) is 5.74. The first-order valence-corrected chi connectivity index (χ1v) is 3.26. The van der Waals surface area contributed by atoms with Gasteiger partial charge in [-0.2, -0.15) is 0 Å². The average molecular weight is 149 g/mol. The van der Waals surface area contributed by atoms with Crippen LogP contribution in [0.3, 0.4) is 0 Å². The average Bonchev–Trinajstić information content (AvgIpc) is 2.28. The van der Waals surface area contributed by atoms with E-state index >= 15 is 0 Å². The van der Waals surface area contributed by atoms with Crippen molar-refractivity contribution in [2.75, 3.05) is 0 Å². The van der Waals surface area contributed by atoms with Crippen LogP contribution in [0, 0.1) is 10.8 Å². The van der Waals surface area contributed by atoms with Crippen LogP contribution in [0.1, 0.15) is 0 Å². The Morgan fingerprint density at radius 3 is 3.36 bits per heavy atom. The molecule has 0 spiro atoms. The van der Waals surface area contributed by atoms with E-state index in [9.17, 15) is 0 Å². The number of nitrogens with one attached hydrogen (secondary N) is 2. The van der Waals surface area contributed by atoms with Gasteiger partial charge in [-0.15, -0.1) is 0 Å². The predicted molar refractivity (Wildman–Crippen MR) is 38.1 cm³/mol. The number of nitrogens with zero attached hydrogens (tertiary/aromatic N) is 1. The fraction of sp³-hybridized carbons (Fsp3) is 0. The molecule has 0 aliphatic carbocycles. The van der Waals surface area contributed by atoms with E-state index in [-0.39, 0.29) is 0 Å². The van der Waals surface area contributed by atoms with Gasteiger partial charge >= 0.3 is 0 Å². The van der Waals surface area contributed by atoms with E-state index in [0.29, 0.717) is 5.42 Å². The molecular weight excluding hydrogens is 142 g/mol. The lowest BCUT2D eigenvalue weighted by Crippen LogP contribution is -1.80. The van der Waals surface area contributed by atoms with Crippen molar-refractivity contribution >= 4 is 0 Å². The summed E-state index contributed by atoms with van der Waals surface area (Å²) < 4.78 is 5.00. The highest BCUT2D eigenvalue weighted by Crippen LogP contribution is 1.89. The number of aromatic nitrogens is 3. The number of rotatable bonds is 0. The van der Waals surface area contributed by atoms with Crippen molar-refractivity contribution in [3.63, 3.8) is 0 Å². The van der Waals surface area contributed by atoms with Crippen LogP contribution in [-0.2, 0) is 0 Å². The van der Waals surface area contributed by atoms with Crippen LogP contribution < -0.4 is 0 Å². The Hall–Kier alpha value is -1.71. The van der Waals surface area contributed by atoms with Gasteiger partial charge in [0.15, 0.2) is 5.42 Å². The number of H-pyrrole nitrogens is 2. The van der Waals surface area contributed by atoms with Gasteiger partial charge in [-0.05, 0) is 12.1 Å². The van der Waals surface area contributed by atoms with Crippen LogP contribution in [0.4, 0.5) is 0 Å². The molecule has 0 bridgehead atoms. The molecule has 2 heterocycles. The normalized spacial score (nSPS) is 9.82. The zero-order valence-corrected chi connectivity index (χ0v) is 5.74. The molecule has 2 rings (SSSR count). The SMILES string of the molecule is c1cnoc2cc[nH][nH]c=2c1. The van der Waals surface area contributed by atoms with Crippen molar-refractivity contribution in [2.24, 2.45) is 0 Å². The maximum Gasteiger partial charge on any atom is 0.184 e. The maximum absolute atomic E-state index is 5.00. The van der Waals surface area contributed by atoms with Gasteiger partial charge in [0.2, 0.25) is 0 Å². The molecular formula is C7H7N3O. The van der Waals surface area contributed by atoms with Crippen LogP contribution in [0.15, 0.2) is 35.1 Å². The van der Waals surface area contributed by atoms with Gasteiger partial charge in [-0.25, -0.2) is 0 Å². The molecule has 0 fully saturated rings. The quantitative estimate of drug-likeness (QED) is 0.590. The molecule has 0 aromatic rings. The van der Waals surface area contributed by atoms with Gasteiger partial charge in [0.25, 0.3) is 0 Å². The van der Waals surface area contributed by atoms with Crippen molar-refractivity contribution in [1.82, 2.24) is 15.4 Å². The van der Waals surface area contributed by atoms with E-state index in [4.69, 9.17) is 4.52 Å². The smallest absolute Gasteiger partial charge is 0.184 e. The molecule has 0 saturated carbocycles. The minimum Gasteiger partial charge on any atom is -0.355 e. The molecule has 0 aromatic heterocycles. The summed E-state index contributed by atoms with van der Waals surface area (Å²) >= 11 is 0. The van der Waals surface area contributed by atoms with Crippen LogP contribution >= 0.6 is 0 Å². The summed E-state index contributed by atoms with van der Waals surface area (Å²) in [6.07, 6.45) is 3.33. The lowest BCUT2D eigenvalue weighted by Gasteiger charge is -1.84. The van der Waals surface area contributed by atoms with Crippen molar-refractivity contribution in [3.05, 3.63) is 41.4 Å². The van der Waals surface area contributed by atoms with E-state index in [0.717, 1.165) is 5.35 Å². The number of aromatic amines is 2. The summed E-state index contributed by atoms with van der Waals surface area (Å²) in [5.74, 6) is 0. The van der Waals surface area contributed by atoms with Gasteiger partial charge in [-0.1, -0.05) is 5.16 Å². The second-order valence-corrected chi connectivity index (χ2v) is 2.09. The van der Waals surface area contributed by atoms with E-state index in [1.807, 2.05) is 6.07 Å².